The van der Waals surface area contributed by atoms with Crippen LogP contribution in [0.3, 0.4) is 0 Å². The van der Waals surface area contributed by atoms with Crippen molar-refractivity contribution in [1.82, 2.24) is 15.1 Å². The second-order valence-corrected chi connectivity index (χ2v) is 5.48. The second kappa shape index (κ2) is 8.72. The third kappa shape index (κ3) is 4.58. The zero-order valence-corrected chi connectivity index (χ0v) is 14.1. The van der Waals surface area contributed by atoms with Crippen molar-refractivity contribution in [2.24, 2.45) is 0 Å². The van der Waals surface area contributed by atoms with Gasteiger partial charge in [0.15, 0.2) is 0 Å². The minimum Gasteiger partial charge on any atom is -0.383 e. The molecule has 1 unspecified atom stereocenters. The van der Waals surface area contributed by atoms with Crippen molar-refractivity contribution in [3.05, 3.63) is 15.9 Å². The van der Waals surface area contributed by atoms with Crippen LogP contribution in [0.25, 0.3) is 0 Å². The van der Waals surface area contributed by atoms with E-state index in [1.165, 1.54) is 5.69 Å². The molecule has 0 radical (unpaired) electrons. The molecule has 19 heavy (non-hydrogen) atoms. The van der Waals surface area contributed by atoms with Gasteiger partial charge >= 0.3 is 0 Å². The van der Waals surface area contributed by atoms with Crippen molar-refractivity contribution in [3.63, 3.8) is 0 Å². The SMILES string of the molecule is CCCNC(COC)Cc1c(Br)c(CC)nn1CC. The zero-order chi connectivity index (χ0) is 14.3. The molecule has 1 atom stereocenters. The second-order valence-electron chi connectivity index (χ2n) is 4.69. The van der Waals surface area contributed by atoms with Gasteiger partial charge in [-0.1, -0.05) is 13.8 Å². The number of methoxy groups -OCH3 is 1. The highest BCUT2D eigenvalue weighted by molar-refractivity contribution is 9.10. The molecule has 0 aliphatic carbocycles. The number of hydrogen-bond acceptors (Lipinski definition) is 3. The predicted molar refractivity (Wildman–Crippen MR) is 82.6 cm³/mol. The van der Waals surface area contributed by atoms with E-state index in [0.717, 1.165) is 49.1 Å². The summed E-state index contributed by atoms with van der Waals surface area (Å²) in [4.78, 5) is 0. The van der Waals surface area contributed by atoms with E-state index >= 15 is 0 Å². The number of aromatic nitrogens is 2. The first-order chi connectivity index (χ1) is 9.17. The number of nitrogens with zero attached hydrogens (tertiary/aromatic N) is 2. The maximum Gasteiger partial charge on any atom is 0.0766 e. The summed E-state index contributed by atoms with van der Waals surface area (Å²) in [6.07, 6.45) is 3.03. The summed E-state index contributed by atoms with van der Waals surface area (Å²) >= 11 is 3.70. The Hall–Kier alpha value is -0.390. The van der Waals surface area contributed by atoms with Crippen molar-refractivity contribution >= 4 is 15.9 Å². The van der Waals surface area contributed by atoms with E-state index in [0.29, 0.717) is 6.04 Å². The molecule has 0 saturated heterocycles. The van der Waals surface area contributed by atoms with E-state index in [9.17, 15) is 0 Å². The molecule has 0 aliphatic rings. The largest absolute Gasteiger partial charge is 0.383 e. The van der Waals surface area contributed by atoms with Crippen LogP contribution in [-0.2, 0) is 24.1 Å². The highest BCUT2D eigenvalue weighted by Gasteiger charge is 2.18. The smallest absolute Gasteiger partial charge is 0.0766 e. The van der Waals surface area contributed by atoms with E-state index in [1.54, 1.807) is 7.11 Å². The van der Waals surface area contributed by atoms with Crippen LogP contribution in [-0.4, -0.2) is 36.1 Å². The van der Waals surface area contributed by atoms with Crippen LogP contribution in [0.1, 0.15) is 38.6 Å². The van der Waals surface area contributed by atoms with Gasteiger partial charge in [0.05, 0.1) is 22.5 Å². The van der Waals surface area contributed by atoms with Gasteiger partial charge in [-0.15, -0.1) is 0 Å². The van der Waals surface area contributed by atoms with Crippen molar-refractivity contribution in [2.45, 2.75) is 52.6 Å². The molecule has 0 saturated carbocycles. The molecule has 0 amide bonds. The Balaban J connectivity index is 2.84. The van der Waals surface area contributed by atoms with Crippen molar-refractivity contribution < 1.29 is 4.74 Å². The fourth-order valence-corrected chi connectivity index (χ4v) is 2.91. The monoisotopic (exact) mass is 331 g/mol. The fraction of sp³-hybridized carbons (Fsp3) is 0.786. The maximum absolute atomic E-state index is 5.31. The highest BCUT2D eigenvalue weighted by atomic mass is 79.9. The Morgan fingerprint density at radius 2 is 2.11 bits per heavy atom. The molecule has 0 fully saturated rings. The van der Waals surface area contributed by atoms with Gasteiger partial charge in [-0.25, -0.2) is 0 Å². The minimum absolute atomic E-state index is 0.341. The van der Waals surface area contributed by atoms with Crippen molar-refractivity contribution in [1.29, 1.82) is 0 Å². The van der Waals surface area contributed by atoms with Crippen molar-refractivity contribution in [3.8, 4) is 0 Å². The minimum atomic E-state index is 0.341. The number of rotatable bonds is 9. The standard InChI is InChI=1S/C14H26BrN3O/c1-5-8-16-11(10-19-4)9-13-14(15)12(6-2)17-18(13)7-3/h11,16H,5-10H2,1-4H3. The molecule has 1 aromatic heterocycles. The molecule has 0 spiro atoms. The molecular weight excluding hydrogens is 306 g/mol. The maximum atomic E-state index is 5.31. The first-order valence-electron chi connectivity index (χ1n) is 7.14. The number of ether oxygens (including phenoxy) is 1. The van der Waals surface area contributed by atoms with Gasteiger partial charge in [0.25, 0.3) is 0 Å². The van der Waals surface area contributed by atoms with Gasteiger partial charge in [0.1, 0.15) is 0 Å². The van der Waals surface area contributed by atoms with E-state index in [-0.39, 0.29) is 0 Å². The lowest BCUT2D eigenvalue weighted by Gasteiger charge is -2.18. The van der Waals surface area contributed by atoms with E-state index in [4.69, 9.17) is 4.74 Å². The summed E-state index contributed by atoms with van der Waals surface area (Å²) in [5, 5.41) is 8.18. The molecule has 110 valence electrons. The van der Waals surface area contributed by atoms with Crippen molar-refractivity contribution in [2.75, 3.05) is 20.3 Å². The van der Waals surface area contributed by atoms with E-state index < -0.39 is 0 Å². The fourth-order valence-electron chi connectivity index (χ4n) is 2.19. The van der Waals surface area contributed by atoms with Crippen LogP contribution in [0.4, 0.5) is 0 Å². The van der Waals surface area contributed by atoms with Crippen LogP contribution >= 0.6 is 15.9 Å². The van der Waals surface area contributed by atoms with Crippen LogP contribution in [0.2, 0.25) is 0 Å². The van der Waals surface area contributed by atoms with Gasteiger partial charge in [-0.2, -0.15) is 5.10 Å². The molecular formula is C14H26BrN3O. The van der Waals surface area contributed by atoms with Crippen LogP contribution in [0, 0.1) is 0 Å². The van der Waals surface area contributed by atoms with E-state index in [1.807, 2.05) is 0 Å². The summed E-state index contributed by atoms with van der Waals surface area (Å²) in [7, 11) is 1.75. The lowest BCUT2D eigenvalue weighted by Crippen LogP contribution is -2.36. The quantitative estimate of drug-likeness (QED) is 0.756. The number of halogens is 1. The Morgan fingerprint density at radius 1 is 1.37 bits per heavy atom. The Labute approximate surface area is 125 Å². The molecule has 0 aromatic carbocycles. The topological polar surface area (TPSA) is 39.1 Å². The predicted octanol–water partition coefficient (Wildman–Crippen LogP) is 2.79. The average molecular weight is 332 g/mol. The Bertz CT molecular complexity index is 379. The molecule has 0 aliphatic heterocycles. The van der Waals surface area contributed by atoms with Gasteiger partial charge < -0.3 is 10.1 Å². The number of aryl methyl sites for hydroxylation is 2. The van der Waals surface area contributed by atoms with Gasteiger partial charge in [-0.3, -0.25) is 4.68 Å². The summed E-state index contributed by atoms with van der Waals surface area (Å²) in [5.74, 6) is 0. The first kappa shape index (κ1) is 16.7. The molecule has 1 N–H and O–H groups in total. The Kier molecular flexibility index (Phi) is 7.64. The summed E-state index contributed by atoms with van der Waals surface area (Å²) < 4.78 is 8.57. The summed E-state index contributed by atoms with van der Waals surface area (Å²) in [5.41, 5.74) is 2.41. The Morgan fingerprint density at radius 3 is 2.63 bits per heavy atom. The highest BCUT2D eigenvalue weighted by Crippen LogP contribution is 2.23. The van der Waals surface area contributed by atoms with E-state index in [2.05, 4.69) is 51.8 Å². The van der Waals surface area contributed by atoms with Crippen LogP contribution in [0.15, 0.2) is 4.47 Å². The third-order valence-corrected chi connectivity index (χ3v) is 4.10. The van der Waals surface area contributed by atoms with Crippen LogP contribution in [0.5, 0.6) is 0 Å². The van der Waals surface area contributed by atoms with Gasteiger partial charge in [-0.05, 0) is 42.2 Å². The summed E-state index contributed by atoms with van der Waals surface area (Å²) in [6.45, 7) is 9.10. The molecule has 1 aromatic rings. The molecule has 5 heteroatoms. The summed E-state index contributed by atoms with van der Waals surface area (Å²) in [6, 6.07) is 0.341. The van der Waals surface area contributed by atoms with Gasteiger partial charge in [0, 0.05) is 26.1 Å². The first-order valence-corrected chi connectivity index (χ1v) is 7.93. The lowest BCUT2D eigenvalue weighted by molar-refractivity contribution is 0.165. The average Bonchev–Trinajstić information content (AvgIpc) is 2.72. The lowest BCUT2D eigenvalue weighted by atomic mass is 10.1. The number of hydrogen-bond donors (Lipinski definition) is 1. The molecule has 0 bridgehead atoms. The van der Waals surface area contributed by atoms with Gasteiger partial charge in [0.2, 0.25) is 0 Å². The normalized spacial score (nSPS) is 12.9. The molecule has 1 rings (SSSR count). The number of nitrogens with one attached hydrogen (secondary N) is 1. The molecule has 1 heterocycles. The zero-order valence-electron chi connectivity index (χ0n) is 12.5. The molecule has 4 nitrogen and oxygen atoms in total. The third-order valence-electron chi connectivity index (χ3n) is 3.18. The van der Waals surface area contributed by atoms with Crippen LogP contribution < -0.4 is 5.32 Å².